The molecule has 2 rings (SSSR count). The van der Waals surface area contributed by atoms with Crippen LogP contribution in [0.4, 0.5) is 0 Å². The van der Waals surface area contributed by atoms with Gasteiger partial charge in [-0.2, -0.15) is 0 Å². The molecule has 8 heteroatoms. The van der Waals surface area contributed by atoms with E-state index in [0.717, 1.165) is 25.7 Å². The summed E-state index contributed by atoms with van der Waals surface area (Å²) in [5, 5.41) is 3.00. The topological polar surface area (TPSA) is 75.7 Å². The molecule has 0 atom stereocenters. The zero-order valence-corrected chi connectivity index (χ0v) is 14.8. The molecule has 0 unspecified atom stereocenters. The number of amides is 1. The second-order valence-electron chi connectivity index (χ2n) is 5.55. The van der Waals surface area contributed by atoms with Crippen molar-refractivity contribution in [2.75, 3.05) is 14.2 Å². The average molecular weight is 361 g/mol. The fraction of sp³-hybridized carbons (Fsp3) is 0.533. The number of hydroxylamine groups is 1. The van der Waals surface area contributed by atoms with E-state index in [1.807, 2.05) is 0 Å². The quantitative estimate of drug-likeness (QED) is 0.819. The lowest BCUT2D eigenvalue weighted by Gasteiger charge is -2.23. The van der Waals surface area contributed by atoms with Crippen LogP contribution < -0.4 is 5.32 Å². The van der Waals surface area contributed by atoms with Crippen molar-refractivity contribution in [3.05, 3.63) is 28.8 Å². The van der Waals surface area contributed by atoms with E-state index in [1.165, 1.54) is 38.8 Å². The number of rotatable bonds is 5. The lowest BCUT2D eigenvalue weighted by molar-refractivity contribution is -0.0258. The maximum atomic E-state index is 12.3. The van der Waals surface area contributed by atoms with Crippen LogP contribution in [-0.4, -0.2) is 39.0 Å². The number of halogens is 1. The Morgan fingerprint density at radius 2 is 1.96 bits per heavy atom. The lowest BCUT2D eigenvalue weighted by atomic mass is 9.95. The summed E-state index contributed by atoms with van der Waals surface area (Å²) in [5.74, 6) is -0.287. The van der Waals surface area contributed by atoms with Crippen molar-refractivity contribution in [2.45, 2.75) is 43.0 Å². The fourth-order valence-corrected chi connectivity index (χ4v) is 4.07. The van der Waals surface area contributed by atoms with Crippen molar-refractivity contribution in [1.29, 1.82) is 0 Å². The normalized spacial score (nSPS) is 16.5. The molecule has 1 saturated carbocycles. The number of hydrogen-bond donors (Lipinski definition) is 1. The summed E-state index contributed by atoms with van der Waals surface area (Å²) < 4.78 is 25.4. The summed E-state index contributed by atoms with van der Waals surface area (Å²) in [6.45, 7) is 0. The van der Waals surface area contributed by atoms with Gasteiger partial charge in [0.2, 0.25) is 0 Å². The minimum absolute atomic E-state index is 0.0446. The van der Waals surface area contributed by atoms with Gasteiger partial charge in [0.15, 0.2) is 0 Å². The van der Waals surface area contributed by atoms with Crippen molar-refractivity contribution in [1.82, 2.24) is 9.79 Å². The van der Waals surface area contributed by atoms with Gasteiger partial charge in [0, 0.05) is 18.7 Å². The molecule has 6 nitrogen and oxygen atoms in total. The minimum Gasteiger partial charge on any atom is -0.349 e. The summed E-state index contributed by atoms with van der Waals surface area (Å²) in [4.78, 5) is 16.9. The lowest BCUT2D eigenvalue weighted by Crippen LogP contribution is -2.36. The number of carbonyl (C=O) groups is 1. The van der Waals surface area contributed by atoms with Gasteiger partial charge >= 0.3 is 0 Å². The number of hydrogen-bond acceptors (Lipinski definition) is 4. The molecule has 0 bridgehead atoms. The van der Waals surface area contributed by atoms with Gasteiger partial charge in [-0.25, -0.2) is 8.42 Å². The monoisotopic (exact) mass is 360 g/mol. The van der Waals surface area contributed by atoms with Crippen LogP contribution in [0.25, 0.3) is 0 Å². The van der Waals surface area contributed by atoms with Crippen molar-refractivity contribution >= 4 is 27.5 Å². The molecule has 0 heterocycles. The molecule has 1 aromatic carbocycles. The van der Waals surface area contributed by atoms with Gasteiger partial charge in [0.1, 0.15) is 4.90 Å². The maximum Gasteiger partial charge on any atom is 0.266 e. The predicted octanol–water partition coefficient (Wildman–Crippen LogP) is 2.58. The van der Waals surface area contributed by atoms with Crippen LogP contribution in [0.3, 0.4) is 0 Å². The molecule has 23 heavy (non-hydrogen) atoms. The molecule has 0 spiro atoms. The Morgan fingerprint density at radius 1 is 1.30 bits per heavy atom. The van der Waals surface area contributed by atoms with Crippen LogP contribution in [0.1, 0.15) is 42.5 Å². The second-order valence-corrected chi connectivity index (χ2v) is 7.86. The first-order valence-electron chi connectivity index (χ1n) is 7.49. The Morgan fingerprint density at radius 3 is 2.57 bits per heavy atom. The number of sulfonamides is 1. The van der Waals surface area contributed by atoms with Crippen molar-refractivity contribution in [2.24, 2.45) is 0 Å². The van der Waals surface area contributed by atoms with Crippen LogP contribution in [0.15, 0.2) is 23.1 Å². The van der Waals surface area contributed by atoms with Gasteiger partial charge < -0.3 is 5.32 Å². The van der Waals surface area contributed by atoms with Crippen LogP contribution in [0, 0.1) is 0 Å². The Bertz CT molecular complexity index is 672. The van der Waals surface area contributed by atoms with E-state index in [0.29, 0.717) is 4.47 Å². The van der Waals surface area contributed by atoms with E-state index in [1.54, 1.807) is 0 Å². The van der Waals surface area contributed by atoms with Gasteiger partial charge in [0.25, 0.3) is 15.9 Å². The summed E-state index contributed by atoms with van der Waals surface area (Å²) >= 11 is 5.99. The van der Waals surface area contributed by atoms with Gasteiger partial charge in [-0.15, -0.1) is 0 Å². The molecule has 1 N–H and O–H groups in total. The van der Waals surface area contributed by atoms with Gasteiger partial charge in [-0.1, -0.05) is 35.3 Å². The Kier molecular flexibility index (Phi) is 6.02. The molecule has 1 fully saturated rings. The zero-order valence-electron chi connectivity index (χ0n) is 13.2. The Labute approximate surface area is 141 Å². The number of nitrogens with zero attached hydrogens (tertiary/aromatic N) is 1. The van der Waals surface area contributed by atoms with Gasteiger partial charge in [-0.05, 0) is 31.0 Å². The second kappa shape index (κ2) is 7.61. The molecule has 0 saturated heterocycles. The molecule has 1 aliphatic carbocycles. The van der Waals surface area contributed by atoms with Crippen molar-refractivity contribution in [3.8, 4) is 0 Å². The Balaban J connectivity index is 2.24. The maximum absolute atomic E-state index is 12.3. The summed E-state index contributed by atoms with van der Waals surface area (Å²) in [7, 11) is -1.40. The SMILES string of the molecule is CON(C)S(=O)(=O)c1cc(C(=O)NC2CCCCC2)ccc1Cl. The minimum atomic E-state index is -3.91. The smallest absolute Gasteiger partial charge is 0.266 e. The first kappa shape index (κ1) is 18.2. The Hall–Kier alpha value is -1.15. The molecule has 128 valence electrons. The highest BCUT2D eigenvalue weighted by molar-refractivity contribution is 7.89. The largest absolute Gasteiger partial charge is 0.349 e. The molecule has 1 aliphatic rings. The highest BCUT2D eigenvalue weighted by Gasteiger charge is 2.25. The third-order valence-corrected chi connectivity index (χ3v) is 6.17. The third-order valence-electron chi connectivity index (χ3n) is 4.01. The van der Waals surface area contributed by atoms with Gasteiger partial charge in [0.05, 0.1) is 12.1 Å². The molecular formula is C15H21ClN2O4S. The molecular weight excluding hydrogens is 340 g/mol. The van der Waals surface area contributed by atoms with E-state index in [4.69, 9.17) is 16.4 Å². The van der Waals surface area contributed by atoms with E-state index in [-0.39, 0.29) is 27.4 Å². The summed E-state index contributed by atoms with van der Waals surface area (Å²) in [5.41, 5.74) is 0.267. The molecule has 1 aromatic rings. The van der Waals surface area contributed by atoms with E-state index in [2.05, 4.69) is 5.32 Å². The van der Waals surface area contributed by atoms with Gasteiger partial charge in [-0.3, -0.25) is 9.63 Å². The highest BCUT2D eigenvalue weighted by Crippen LogP contribution is 2.26. The van der Waals surface area contributed by atoms with Crippen LogP contribution in [0.2, 0.25) is 5.02 Å². The van der Waals surface area contributed by atoms with Crippen molar-refractivity contribution < 1.29 is 18.0 Å². The predicted molar refractivity (Wildman–Crippen MR) is 87.7 cm³/mol. The molecule has 0 radical (unpaired) electrons. The fourth-order valence-electron chi connectivity index (χ4n) is 2.59. The number of nitrogens with one attached hydrogen (secondary N) is 1. The number of benzene rings is 1. The standard InChI is InChI=1S/C15H21ClN2O4S/c1-18(22-2)23(20,21)14-10-11(8-9-13(14)16)15(19)17-12-6-4-3-5-7-12/h8-10,12H,3-7H2,1-2H3,(H,17,19). The van der Waals surface area contributed by atoms with Crippen LogP contribution in [-0.2, 0) is 14.9 Å². The first-order valence-corrected chi connectivity index (χ1v) is 9.31. The van der Waals surface area contributed by atoms with E-state index in [9.17, 15) is 13.2 Å². The van der Waals surface area contributed by atoms with Crippen molar-refractivity contribution in [3.63, 3.8) is 0 Å². The summed E-state index contributed by atoms with van der Waals surface area (Å²) in [6.07, 6.45) is 5.31. The van der Waals surface area contributed by atoms with Crippen LogP contribution in [0.5, 0.6) is 0 Å². The average Bonchev–Trinajstić information content (AvgIpc) is 2.55. The van der Waals surface area contributed by atoms with E-state index < -0.39 is 10.0 Å². The first-order chi connectivity index (χ1) is 10.9. The molecule has 0 aliphatic heterocycles. The van der Waals surface area contributed by atoms with E-state index >= 15 is 0 Å². The highest BCUT2D eigenvalue weighted by atomic mass is 35.5. The van der Waals surface area contributed by atoms with Crippen LogP contribution >= 0.6 is 11.6 Å². The number of carbonyl (C=O) groups excluding carboxylic acids is 1. The molecule has 0 aromatic heterocycles. The third kappa shape index (κ3) is 4.23. The summed E-state index contributed by atoms with van der Waals surface area (Å²) in [6, 6.07) is 4.36. The zero-order chi connectivity index (χ0) is 17.0. The molecule has 1 amide bonds.